The predicted octanol–water partition coefficient (Wildman–Crippen LogP) is 6.13. The Morgan fingerprint density at radius 2 is 1.89 bits per heavy atom. The maximum Gasteiger partial charge on any atom is 0.349 e. The highest BCUT2D eigenvalue weighted by molar-refractivity contribution is 5.96. The van der Waals surface area contributed by atoms with E-state index in [4.69, 9.17) is 10.3 Å². The molecular formula is C35H38N5O4+. The zero-order valence-electron chi connectivity index (χ0n) is 25.2. The summed E-state index contributed by atoms with van der Waals surface area (Å²) in [6.45, 7) is 2.48. The predicted molar refractivity (Wildman–Crippen MR) is 169 cm³/mol. The van der Waals surface area contributed by atoms with Crippen molar-refractivity contribution < 1.29 is 24.7 Å². The monoisotopic (exact) mass is 592 g/mol. The molecule has 5 N–H and O–H groups in total. The zero-order valence-corrected chi connectivity index (χ0v) is 25.2. The van der Waals surface area contributed by atoms with Gasteiger partial charge in [0.2, 0.25) is 6.10 Å². The molecule has 0 bridgehead atoms. The number of anilines is 1. The minimum Gasteiger partial charge on any atom is -0.478 e. The van der Waals surface area contributed by atoms with Crippen LogP contribution in [0.4, 0.5) is 17.1 Å². The van der Waals surface area contributed by atoms with E-state index in [1.165, 1.54) is 11.1 Å². The number of fused-ring (bicyclic) bond motifs is 1. The van der Waals surface area contributed by atoms with Crippen molar-refractivity contribution in [2.75, 3.05) is 19.0 Å². The molecule has 2 atom stereocenters. The molecule has 0 saturated heterocycles. The lowest BCUT2D eigenvalue weighted by molar-refractivity contribution is -0.588. The molecule has 0 heterocycles. The van der Waals surface area contributed by atoms with Gasteiger partial charge >= 0.3 is 5.97 Å². The number of nitrogens with two attached hydrogens (primary N) is 1. The Morgan fingerprint density at radius 3 is 2.66 bits per heavy atom. The van der Waals surface area contributed by atoms with Crippen LogP contribution in [0.2, 0.25) is 0 Å². The van der Waals surface area contributed by atoms with Crippen LogP contribution in [0, 0.1) is 12.5 Å². The van der Waals surface area contributed by atoms with Crippen molar-refractivity contribution in [2.24, 2.45) is 5.11 Å². The number of nitrogens with zero attached hydrogens (tertiary/aromatic N) is 2. The van der Waals surface area contributed by atoms with Crippen molar-refractivity contribution in [3.63, 3.8) is 0 Å². The van der Waals surface area contributed by atoms with Gasteiger partial charge in [0.15, 0.2) is 5.69 Å². The van der Waals surface area contributed by atoms with Gasteiger partial charge in [0.05, 0.1) is 6.04 Å². The fourth-order valence-corrected chi connectivity index (χ4v) is 5.62. The van der Waals surface area contributed by atoms with Gasteiger partial charge in [0.1, 0.15) is 18.0 Å². The van der Waals surface area contributed by atoms with Gasteiger partial charge in [-0.2, -0.15) is 5.11 Å². The minimum atomic E-state index is -1.16. The molecule has 0 aliphatic heterocycles. The third-order valence-corrected chi connectivity index (χ3v) is 8.12. The van der Waals surface area contributed by atoms with Crippen LogP contribution in [0.15, 0.2) is 90.0 Å². The largest absolute Gasteiger partial charge is 0.478 e. The number of benzene rings is 4. The Labute approximate surface area is 257 Å². The molecule has 0 fully saturated rings. The molecule has 9 heteroatoms. The van der Waals surface area contributed by atoms with Crippen LogP contribution in [-0.2, 0) is 17.8 Å². The number of carboxylic acid groups (broad SMARTS) is 1. The van der Waals surface area contributed by atoms with Gasteiger partial charge in [-0.3, -0.25) is 4.79 Å². The first kappa shape index (κ1) is 30.4. The topological polar surface area (TPSA) is 132 Å². The smallest absolute Gasteiger partial charge is 0.349 e. The Hall–Kier alpha value is -5.02. The van der Waals surface area contributed by atoms with Crippen LogP contribution in [0.1, 0.15) is 63.2 Å². The van der Waals surface area contributed by atoms with Crippen molar-refractivity contribution >= 4 is 28.9 Å². The molecule has 0 saturated carbocycles. The Kier molecular flexibility index (Phi) is 9.35. The fraction of sp³-hybridized carbons (Fsp3) is 0.257. The van der Waals surface area contributed by atoms with Crippen LogP contribution < -0.4 is 20.3 Å². The summed E-state index contributed by atoms with van der Waals surface area (Å²) in [5.41, 5.74) is 15.2. The molecule has 1 aliphatic rings. The highest BCUT2D eigenvalue weighted by atomic mass is 16.5. The average molecular weight is 593 g/mol. The van der Waals surface area contributed by atoms with Crippen LogP contribution in [-0.4, -0.2) is 31.1 Å². The standard InChI is InChI=1S/C35H37N5O4/c1-22-14-16-28(44-33(35(42)43)24-10-6-11-27(18-24)40(2)3)19-26(22)21-37-31-17-15-25(20-32(31)39-36)34(41)38-30-13-7-9-23-8-4-5-12-29(23)30/h4-6,8,10-12,14-20,30,33,36-37H,7,9,13,21H2,1-3H3,(H,38,41)(H,42,43)/p+1. The Morgan fingerprint density at radius 1 is 1.07 bits per heavy atom. The van der Waals surface area contributed by atoms with E-state index in [0.717, 1.165) is 41.8 Å². The number of nitrogens with one attached hydrogen (secondary N) is 2. The maximum atomic E-state index is 13.2. The first-order valence-electron chi connectivity index (χ1n) is 14.7. The molecule has 2 unspecified atom stereocenters. The lowest BCUT2D eigenvalue weighted by Gasteiger charge is -2.26. The number of ether oxygens (including phenoxy) is 1. The number of hydrogen-bond acceptors (Lipinski definition) is 6. The molecular weight excluding hydrogens is 554 g/mol. The fourth-order valence-electron chi connectivity index (χ4n) is 5.62. The third kappa shape index (κ3) is 6.95. The highest BCUT2D eigenvalue weighted by Crippen LogP contribution is 2.31. The second kappa shape index (κ2) is 13.5. The summed E-state index contributed by atoms with van der Waals surface area (Å²) < 4.78 is 5.99. The van der Waals surface area contributed by atoms with Crippen molar-refractivity contribution in [3.8, 4) is 5.75 Å². The molecule has 0 radical (unpaired) electrons. The van der Waals surface area contributed by atoms with Crippen LogP contribution in [0.5, 0.6) is 5.75 Å². The Bertz CT molecular complexity index is 1690. The number of aryl methyl sites for hydroxylation is 2. The summed E-state index contributed by atoms with van der Waals surface area (Å²) in [6, 6.07) is 26.2. The van der Waals surface area contributed by atoms with Crippen molar-refractivity contribution in [1.82, 2.24) is 5.32 Å². The number of rotatable bonds is 11. The molecule has 5 rings (SSSR count). The van der Waals surface area contributed by atoms with E-state index < -0.39 is 12.1 Å². The van der Waals surface area contributed by atoms with E-state index in [0.29, 0.717) is 29.1 Å². The van der Waals surface area contributed by atoms with Gasteiger partial charge in [0, 0.05) is 42.5 Å². The number of hydrogen-bond donors (Lipinski definition) is 4. The molecule has 44 heavy (non-hydrogen) atoms. The number of carbonyl (C=O) groups is 2. The zero-order chi connectivity index (χ0) is 31.2. The molecule has 1 amide bonds. The van der Waals surface area contributed by atoms with E-state index in [9.17, 15) is 14.7 Å². The van der Waals surface area contributed by atoms with Crippen molar-refractivity contribution in [2.45, 2.75) is 44.9 Å². The lowest BCUT2D eigenvalue weighted by atomic mass is 9.87. The number of carboxylic acids is 1. The summed E-state index contributed by atoms with van der Waals surface area (Å²) in [4.78, 5) is 27.2. The molecule has 9 nitrogen and oxygen atoms in total. The Balaban J connectivity index is 1.28. The van der Waals surface area contributed by atoms with E-state index in [1.807, 2.05) is 79.8 Å². The van der Waals surface area contributed by atoms with Gasteiger partial charge in [-0.25, -0.2) is 10.3 Å². The van der Waals surface area contributed by atoms with Crippen molar-refractivity contribution in [3.05, 3.63) is 118 Å². The summed E-state index contributed by atoms with van der Waals surface area (Å²) in [5.74, 6) is -0.815. The summed E-state index contributed by atoms with van der Waals surface area (Å²) in [7, 11) is 3.80. The summed E-state index contributed by atoms with van der Waals surface area (Å²) >= 11 is 0. The van der Waals surface area contributed by atoms with E-state index in [1.54, 1.807) is 24.3 Å². The number of amides is 1. The van der Waals surface area contributed by atoms with Crippen LogP contribution >= 0.6 is 0 Å². The highest BCUT2D eigenvalue weighted by Gasteiger charge is 2.24. The van der Waals surface area contributed by atoms with Gasteiger partial charge < -0.3 is 25.4 Å². The first-order chi connectivity index (χ1) is 21.2. The van der Waals surface area contributed by atoms with E-state index >= 15 is 0 Å². The van der Waals surface area contributed by atoms with Gasteiger partial charge in [-0.1, -0.05) is 42.5 Å². The molecule has 0 spiro atoms. The number of quaternary nitrogens is 1. The van der Waals surface area contributed by atoms with Crippen LogP contribution in [0.25, 0.3) is 0 Å². The van der Waals surface area contributed by atoms with E-state index in [2.05, 4.69) is 22.6 Å². The summed E-state index contributed by atoms with van der Waals surface area (Å²) in [5, 5.41) is 18.8. The molecule has 4 aromatic rings. The summed E-state index contributed by atoms with van der Waals surface area (Å²) in [6.07, 6.45) is 1.77. The maximum absolute atomic E-state index is 13.2. The van der Waals surface area contributed by atoms with Gasteiger partial charge in [-0.15, -0.1) is 0 Å². The third-order valence-electron chi connectivity index (χ3n) is 8.12. The number of carbonyl (C=O) groups excluding carboxylic acids is 1. The van der Waals surface area contributed by atoms with Crippen LogP contribution in [0.3, 0.4) is 0 Å². The van der Waals surface area contributed by atoms with Gasteiger partial charge in [0.25, 0.3) is 5.91 Å². The minimum absolute atomic E-state index is 0.0369. The molecule has 4 aromatic carbocycles. The average Bonchev–Trinajstić information content (AvgIpc) is 3.03. The second-order valence-corrected chi connectivity index (χ2v) is 11.3. The molecule has 1 aliphatic carbocycles. The number of aliphatic carboxylic acids is 1. The first-order valence-corrected chi connectivity index (χ1v) is 14.7. The quantitative estimate of drug-likeness (QED) is 0.123. The van der Waals surface area contributed by atoms with Gasteiger partial charge in [-0.05, 0) is 79.3 Å². The normalized spacial score (nSPS) is 14.7. The molecule has 0 aromatic heterocycles. The SMILES string of the molecule is Cc1ccc(OC(C(=O)O)c2cccc(N(C)C)c2)cc1C[NH2+]c1ccc(C(=O)NC2CCCc3ccccc32)cc1N=N. The van der Waals surface area contributed by atoms with Crippen molar-refractivity contribution in [1.29, 1.82) is 5.53 Å². The van der Waals surface area contributed by atoms with E-state index in [-0.39, 0.29) is 11.9 Å². The lowest BCUT2D eigenvalue weighted by Crippen LogP contribution is -2.76. The second-order valence-electron chi connectivity index (χ2n) is 11.3. The molecule has 226 valence electrons.